The monoisotopic (exact) mass is 331 g/mol. The van der Waals surface area contributed by atoms with E-state index in [-0.39, 0.29) is 11.9 Å². The molecule has 0 radical (unpaired) electrons. The van der Waals surface area contributed by atoms with Crippen LogP contribution in [-0.2, 0) is 20.1 Å². The number of carbonyl (C=O) groups excluding carboxylic acids is 2. The van der Waals surface area contributed by atoms with E-state index in [2.05, 4.69) is 4.98 Å². The summed E-state index contributed by atoms with van der Waals surface area (Å²) in [6, 6.07) is -0.614. The summed E-state index contributed by atoms with van der Waals surface area (Å²) in [5.74, 6) is 0.739. The first-order chi connectivity index (χ1) is 9.99. The van der Waals surface area contributed by atoms with Crippen molar-refractivity contribution in [3.8, 4) is 0 Å². The van der Waals surface area contributed by atoms with Crippen LogP contribution in [0.25, 0.3) is 0 Å². The van der Waals surface area contributed by atoms with Crippen LogP contribution in [0.1, 0.15) is 26.5 Å². The Labute approximate surface area is 133 Å². The lowest BCUT2D eigenvalue weighted by molar-refractivity contribution is -0.144. The van der Waals surface area contributed by atoms with Gasteiger partial charge in [-0.05, 0) is 13.8 Å². The first-order valence-corrected chi connectivity index (χ1v) is 8.75. The van der Waals surface area contributed by atoms with Crippen LogP contribution >= 0.6 is 23.1 Å². The van der Waals surface area contributed by atoms with Gasteiger partial charge in [0.25, 0.3) is 0 Å². The number of thiazole rings is 1. The number of nitrogens with zero attached hydrogens (tertiary/aromatic N) is 2. The predicted molar refractivity (Wildman–Crippen MR) is 86.6 cm³/mol. The highest BCUT2D eigenvalue weighted by Gasteiger charge is 2.16. The SMILES string of the molecule is CCOC(=O)C(N)CSCc1csc(N(CC)C(C)=O)n1. The number of thioether (sulfide) groups is 1. The Morgan fingerprint density at radius 1 is 1.52 bits per heavy atom. The van der Waals surface area contributed by atoms with Crippen molar-refractivity contribution in [3.63, 3.8) is 0 Å². The molecule has 1 unspecified atom stereocenters. The first kappa shape index (κ1) is 17.9. The van der Waals surface area contributed by atoms with Gasteiger partial charge in [-0.15, -0.1) is 11.3 Å². The number of amides is 1. The van der Waals surface area contributed by atoms with E-state index in [0.29, 0.717) is 29.8 Å². The standard InChI is InChI=1S/C13H21N3O3S2/c1-4-16(9(3)17)13-15-10(7-21-13)6-20-8-11(14)12(18)19-5-2/h7,11H,4-6,8,14H2,1-3H3. The van der Waals surface area contributed by atoms with Gasteiger partial charge in [-0.3, -0.25) is 14.5 Å². The fourth-order valence-electron chi connectivity index (χ4n) is 1.59. The number of hydrogen-bond donors (Lipinski definition) is 1. The maximum Gasteiger partial charge on any atom is 0.323 e. The smallest absolute Gasteiger partial charge is 0.323 e. The third-order valence-corrected chi connectivity index (χ3v) is 4.61. The molecule has 2 N–H and O–H groups in total. The van der Waals surface area contributed by atoms with Crippen molar-refractivity contribution in [3.05, 3.63) is 11.1 Å². The zero-order valence-electron chi connectivity index (χ0n) is 12.5. The zero-order valence-corrected chi connectivity index (χ0v) is 14.1. The third-order valence-electron chi connectivity index (χ3n) is 2.60. The van der Waals surface area contributed by atoms with Gasteiger partial charge in [0, 0.05) is 30.4 Å². The van der Waals surface area contributed by atoms with Crippen molar-refractivity contribution in [2.24, 2.45) is 5.73 Å². The molecule has 1 aromatic rings. The normalized spacial score (nSPS) is 12.0. The summed E-state index contributed by atoms with van der Waals surface area (Å²) in [6.07, 6.45) is 0. The van der Waals surface area contributed by atoms with E-state index in [1.165, 1.54) is 30.0 Å². The fourth-order valence-corrected chi connectivity index (χ4v) is 3.49. The van der Waals surface area contributed by atoms with Gasteiger partial charge in [0.05, 0.1) is 12.3 Å². The third kappa shape index (κ3) is 5.64. The minimum Gasteiger partial charge on any atom is -0.465 e. The molecule has 1 amide bonds. The molecule has 0 aliphatic carbocycles. The average Bonchev–Trinajstić information content (AvgIpc) is 2.87. The molecule has 0 bridgehead atoms. The van der Waals surface area contributed by atoms with Gasteiger partial charge in [-0.2, -0.15) is 11.8 Å². The lowest BCUT2D eigenvalue weighted by Crippen LogP contribution is -2.34. The lowest BCUT2D eigenvalue weighted by Gasteiger charge is -2.14. The number of esters is 1. The summed E-state index contributed by atoms with van der Waals surface area (Å²) in [6.45, 7) is 6.13. The highest BCUT2D eigenvalue weighted by Crippen LogP contribution is 2.23. The fraction of sp³-hybridized carbons (Fsp3) is 0.615. The highest BCUT2D eigenvalue weighted by molar-refractivity contribution is 7.98. The van der Waals surface area contributed by atoms with Crippen molar-refractivity contribution in [2.75, 3.05) is 23.8 Å². The van der Waals surface area contributed by atoms with Gasteiger partial charge in [-0.25, -0.2) is 4.98 Å². The van der Waals surface area contributed by atoms with Crippen molar-refractivity contribution >= 4 is 40.1 Å². The molecule has 0 saturated heterocycles. The summed E-state index contributed by atoms with van der Waals surface area (Å²) in [7, 11) is 0. The summed E-state index contributed by atoms with van der Waals surface area (Å²) >= 11 is 2.97. The largest absolute Gasteiger partial charge is 0.465 e. The van der Waals surface area contributed by atoms with Crippen LogP contribution in [0.5, 0.6) is 0 Å². The molecule has 118 valence electrons. The van der Waals surface area contributed by atoms with Gasteiger partial charge in [0.2, 0.25) is 5.91 Å². The number of anilines is 1. The van der Waals surface area contributed by atoms with E-state index in [4.69, 9.17) is 10.5 Å². The Bertz CT molecular complexity index is 479. The molecule has 8 heteroatoms. The molecule has 1 rings (SSSR count). The molecule has 0 fully saturated rings. The van der Waals surface area contributed by atoms with E-state index < -0.39 is 6.04 Å². The quantitative estimate of drug-likeness (QED) is 0.729. The number of nitrogens with two attached hydrogens (primary N) is 1. The van der Waals surface area contributed by atoms with Crippen molar-refractivity contribution in [2.45, 2.75) is 32.6 Å². The van der Waals surface area contributed by atoms with Gasteiger partial charge in [0.15, 0.2) is 5.13 Å². The Morgan fingerprint density at radius 3 is 2.81 bits per heavy atom. The van der Waals surface area contributed by atoms with Crippen LogP contribution in [0.3, 0.4) is 0 Å². The molecule has 6 nitrogen and oxygen atoms in total. The van der Waals surface area contributed by atoms with Crippen LogP contribution < -0.4 is 10.6 Å². The van der Waals surface area contributed by atoms with Gasteiger partial charge >= 0.3 is 5.97 Å². The van der Waals surface area contributed by atoms with Crippen LogP contribution in [0.15, 0.2) is 5.38 Å². The maximum absolute atomic E-state index is 11.4. The average molecular weight is 331 g/mol. The van der Waals surface area contributed by atoms with E-state index in [0.717, 1.165) is 5.69 Å². The summed E-state index contributed by atoms with van der Waals surface area (Å²) in [5.41, 5.74) is 6.60. The van der Waals surface area contributed by atoms with Crippen LogP contribution in [0.2, 0.25) is 0 Å². The molecule has 1 atom stereocenters. The molecule has 0 spiro atoms. The van der Waals surface area contributed by atoms with Crippen LogP contribution in [-0.4, -0.2) is 41.8 Å². The highest BCUT2D eigenvalue weighted by atomic mass is 32.2. The molecular weight excluding hydrogens is 310 g/mol. The maximum atomic E-state index is 11.4. The van der Waals surface area contributed by atoms with Crippen molar-refractivity contribution in [1.29, 1.82) is 0 Å². The van der Waals surface area contributed by atoms with Crippen molar-refractivity contribution < 1.29 is 14.3 Å². The molecular formula is C13H21N3O3S2. The Balaban J connectivity index is 2.45. The Morgan fingerprint density at radius 2 is 2.24 bits per heavy atom. The predicted octanol–water partition coefficient (Wildman–Crippen LogP) is 1.64. The zero-order chi connectivity index (χ0) is 15.8. The number of rotatable bonds is 8. The van der Waals surface area contributed by atoms with Crippen LogP contribution in [0.4, 0.5) is 5.13 Å². The number of aromatic nitrogens is 1. The second-order valence-electron chi connectivity index (χ2n) is 4.26. The molecule has 0 aromatic carbocycles. The molecule has 1 aromatic heterocycles. The minimum absolute atomic E-state index is 0.0182. The van der Waals surface area contributed by atoms with Crippen molar-refractivity contribution in [1.82, 2.24) is 4.98 Å². The molecule has 0 aliphatic rings. The van der Waals surface area contributed by atoms with E-state index in [1.54, 1.807) is 11.8 Å². The Kier molecular flexibility index (Phi) is 7.69. The van der Waals surface area contributed by atoms with E-state index in [9.17, 15) is 9.59 Å². The second-order valence-corrected chi connectivity index (χ2v) is 6.13. The van der Waals surface area contributed by atoms with Crippen LogP contribution in [0, 0.1) is 0 Å². The number of ether oxygens (including phenoxy) is 1. The summed E-state index contributed by atoms with van der Waals surface area (Å²) in [4.78, 5) is 28.9. The second kappa shape index (κ2) is 9.01. The number of hydrogen-bond acceptors (Lipinski definition) is 7. The van der Waals surface area contributed by atoms with Gasteiger partial charge < -0.3 is 10.5 Å². The molecule has 0 aliphatic heterocycles. The van der Waals surface area contributed by atoms with E-state index >= 15 is 0 Å². The van der Waals surface area contributed by atoms with Gasteiger partial charge in [-0.1, -0.05) is 0 Å². The number of carbonyl (C=O) groups is 2. The summed E-state index contributed by atoms with van der Waals surface area (Å²) in [5, 5.41) is 2.62. The molecule has 1 heterocycles. The summed E-state index contributed by atoms with van der Waals surface area (Å²) < 4.78 is 4.85. The Hall–Kier alpha value is -1.12. The first-order valence-electron chi connectivity index (χ1n) is 6.72. The van der Waals surface area contributed by atoms with E-state index in [1.807, 2.05) is 12.3 Å². The minimum atomic E-state index is -0.614. The molecule has 21 heavy (non-hydrogen) atoms. The lowest BCUT2D eigenvalue weighted by atomic mass is 10.4. The topological polar surface area (TPSA) is 85.5 Å². The van der Waals surface area contributed by atoms with Gasteiger partial charge in [0.1, 0.15) is 6.04 Å². The molecule has 0 saturated carbocycles.